The third kappa shape index (κ3) is 3.66. The minimum absolute atomic E-state index is 0.112. The molecule has 0 bridgehead atoms. The van der Waals surface area contributed by atoms with Crippen molar-refractivity contribution >= 4 is 5.91 Å². The fourth-order valence-electron chi connectivity index (χ4n) is 1.24. The molecule has 1 aromatic heterocycles. The molecule has 0 saturated heterocycles. The highest BCUT2D eigenvalue weighted by molar-refractivity contribution is 5.82. The number of aromatic nitrogens is 2. The Morgan fingerprint density at radius 2 is 2.31 bits per heavy atom. The number of hydrogen-bond donors (Lipinski definition) is 3. The molecule has 1 aromatic rings. The zero-order valence-corrected chi connectivity index (χ0v) is 10.1. The Bertz CT molecular complexity index is 326. The lowest BCUT2D eigenvalue weighted by Gasteiger charge is -2.25. The maximum atomic E-state index is 11.7. The first-order valence-corrected chi connectivity index (χ1v) is 5.43. The van der Waals surface area contributed by atoms with Crippen molar-refractivity contribution in [1.29, 1.82) is 0 Å². The van der Waals surface area contributed by atoms with E-state index in [1.807, 2.05) is 20.8 Å². The highest BCUT2D eigenvalue weighted by Crippen LogP contribution is 2.16. The first-order chi connectivity index (χ1) is 7.41. The SMILES string of the molecule is CC(C)(C)C(N)C(=O)NCCc1ncc[nH]1. The molecular weight excluding hydrogens is 204 g/mol. The van der Waals surface area contributed by atoms with E-state index in [4.69, 9.17) is 5.73 Å². The van der Waals surface area contributed by atoms with Crippen LogP contribution in [-0.2, 0) is 11.2 Å². The number of aromatic amines is 1. The van der Waals surface area contributed by atoms with Gasteiger partial charge in [0.2, 0.25) is 5.91 Å². The summed E-state index contributed by atoms with van der Waals surface area (Å²) in [5.41, 5.74) is 5.60. The topological polar surface area (TPSA) is 83.8 Å². The molecule has 0 spiro atoms. The molecule has 0 radical (unpaired) electrons. The highest BCUT2D eigenvalue weighted by Gasteiger charge is 2.26. The van der Waals surface area contributed by atoms with Gasteiger partial charge >= 0.3 is 0 Å². The van der Waals surface area contributed by atoms with Crippen LogP contribution in [-0.4, -0.2) is 28.5 Å². The first-order valence-electron chi connectivity index (χ1n) is 5.43. The average molecular weight is 224 g/mol. The lowest BCUT2D eigenvalue weighted by molar-refractivity contribution is -0.124. The predicted octanol–water partition coefficient (Wildman–Crippen LogP) is 0.442. The lowest BCUT2D eigenvalue weighted by atomic mass is 9.87. The predicted molar refractivity (Wildman–Crippen MR) is 62.7 cm³/mol. The summed E-state index contributed by atoms with van der Waals surface area (Å²) in [5.74, 6) is 0.753. The lowest BCUT2D eigenvalue weighted by Crippen LogP contribution is -2.49. The van der Waals surface area contributed by atoms with Gasteiger partial charge in [0, 0.05) is 25.4 Å². The second-order valence-electron chi connectivity index (χ2n) is 4.92. The van der Waals surface area contributed by atoms with Crippen molar-refractivity contribution in [2.24, 2.45) is 11.1 Å². The average Bonchev–Trinajstić information content (AvgIpc) is 2.67. The maximum absolute atomic E-state index is 11.7. The van der Waals surface area contributed by atoms with Crippen molar-refractivity contribution < 1.29 is 4.79 Å². The normalized spacial score (nSPS) is 13.5. The second-order valence-corrected chi connectivity index (χ2v) is 4.92. The van der Waals surface area contributed by atoms with E-state index in [9.17, 15) is 4.79 Å². The number of hydrogen-bond acceptors (Lipinski definition) is 3. The van der Waals surface area contributed by atoms with Gasteiger partial charge in [0.25, 0.3) is 0 Å². The van der Waals surface area contributed by atoms with Crippen molar-refractivity contribution in [1.82, 2.24) is 15.3 Å². The van der Waals surface area contributed by atoms with Crippen LogP contribution in [0.2, 0.25) is 0 Å². The van der Waals surface area contributed by atoms with Gasteiger partial charge in [0.05, 0.1) is 6.04 Å². The van der Waals surface area contributed by atoms with Gasteiger partial charge in [-0.1, -0.05) is 20.8 Å². The standard InChI is InChI=1S/C11H20N4O/c1-11(2,3)9(12)10(16)15-5-4-8-13-6-7-14-8/h6-7,9H,4-5,12H2,1-3H3,(H,13,14)(H,15,16). The first kappa shape index (κ1) is 12.7. The number of nitrogens with two attached hydrogens (primary N) is 1. The van der Waals surface area contributed by atoms with Gasteiger partial charge in [-0.15, -0.1) is 0 Å². The number of rotatable bonds is 4. The molecule has 0 aliphatic heterocycles. The summed E-state index contributed by atoms with van der Waals surface area (Å²) in [7, 11) is 0. The van der Waals surface area contributed by atoms with E-state index in [0.29, 0.717) is 13.0 Å². The van der Waals surface area contributed by atoms with Gasteiger partial charge in [0.15, 0.2) is 0 Å². The summed E-state index contributed by atoms with van der Waals surface area (Å²) in [6.45, 7) is 6.40. The molecule has 1 heterocycles. The summed E-state index contributed by atoms with van der Waals surface area (Å²) in [6.07, 6.45) is 4.14. The van der Waals surface area contributed by atoms with Crippen LogP contribution < -0.4 is 11.1 Å². The van der Waals surface area contributed by atoms with Crippen LogP contribution in [0.25, 0.3) is 0 Å². The summed E-state index contributed by atoms with van der Waals surface area (Å²) in [5, 5.41) is 2.80. The van der Waals surface area contributed by atoms with Gasteiger partial charge < -0.3 is 16.0 Å². The molecule has 0 aliphatic rings. The van der Waals surface area contributed by atoms with Crippen LogP contribution in [0.1, 0.15) is 26.6 Å². The molecule has 0 aliphatic carbocycles. The van der Waals surface area contributed by atoms with Crippen molar-refractivity contribution in [3.8, 4) is 0 Å². The number of H-pyrrole nitrogens is 1. The Balaban J connectivity index is 2.30. The zero-order chi connectivity index (χ0) is 12.2. The van der Waals surface area contributed by atoms with E-state index < -0.39 is 6.04 Å². The van der Waals surface area contributed by atoms with E-state index in [2.05, 4.69) is 15.3 Å². The molecule has 4 N–H and O–H groups in total. The Labute approximate surface area is 95.8 Å². The minimum Gasteiger partial charge on any atom is -0.354 e. The van der Waals surface area contributed by atoms with Gasteiger partial charge in [-0.2, -0.15) is 0 Å². The molecule has 0 fully saturated rings. The Kier molecular flexibility index (Phi) is 4.06. The molecule has 5 heteroatoms. The van der Waals surface area contributed by atoms with Crippen LogP contribution in [0, 0.1) is 5.41 Å². The number of carbonyl (C=O) groups is 1. The fourth-order valence-corrected chi connectivity index (χ4v) is 1.24. The number of nitrogens with one attached hydrogen (secondary N) is 2. The number of amides is 1. The third-order valence-corrected chi connectivity index (χ3v) is 2.43. The molecule has 5 nitrogen and oxygen atoms in total. The van der Waals surface area contributed by atoms with Crippen molar-refractivity contribution in [2.45, 2.75) is 33.2 Å². The largest absolute Gasteiger partial charge is 0.354 e. The maximum Gasteiger partial charge on any atom is 0.237 e. The molecule has 1 atom stereocenters. The molecule has 1 rings (SSSR count). The van der Waals surface area contributed by atoms with E-state index in [-0.39, 0.29) is 11.3 Å². The summed E-state index contributed by atoms with van der Waals surface area (Å²) in [4.78, 5) is 18.7. The summed E-state index contributed by atoms with van der Waals surface area (Å²) < 4.78 is 0. The Morgan fingerprint density at radius 3 is 2.81 bits per heavy atom. The third-order valence-electron chi connectivity index (χ3n) is 2.43. The monoisotopic (exact) mass is 224 g/mol. The molecule has 1 unspecified atom stereocenters. The van der Waals surface area contributed by atoms with Gasteiger partial charge in [-0.05, 0) is 5.41 Å². The minimum atomic E-state index is -0.482. The van der Waals surface area contributed by atoms with E-state index in [1.54, 1.807) is 12.4 Å². The molecule has 16 heavy (non-hydrogen) atoms. The van der Waals surface area contributed by atoms with E-state index >= 15 is 0 Å². The zero-order valence-electron chi connectivity index (χ0n) is 10.1. The van der Waals surface area contributed by atoms with Crippen LogP contribution in [0.15, 0.2) is 12.4 Å². The van der Waals surface area contributed by atoms with Crippen molar-refractivity contribution in [3.63, 3.8) is 0 Å². The van der Waals surface area contributed by atoms with E-state index in [0.717, 1.165) is 5.82 Å². The second kappa shape index (κ2) is 5.12. The quantitative estimate of drug-likeness (QED) is 0.694. The Morgan fingerprint density at radius 1 is 1.62 bits per heavy atom. The van der Waals surface area contributed by atoms with Gasteiger partial charge in [-0.3, -0.25) is 4.79 Å². The molecule has 0 aromatic carbocycles. The van der Waals surface area contributed by atoms with Gasteiger partial charge in [-0.25, -0.2) is 4.98 Å². The van der Waals surface area contributed by atoms with Crippen molar-refractivity contribution in [2.75, 3.05) is 6.54 Å². The van der Waals surface area contributed by atoms with Crippen molar-refractivity contribution in [3.05, 3.63) is 18.2 Å². The number of nitrogens with zero attached hydrogens (tertiary/aromatic N) is 1. The van der Waals surface area contributed by atoms with Gasteiger partial charge in [0.1, 0.15) is 5.82 Å². The fraction of sp³-hybridized carbons (Fsp3) is 0.636. The molecule has 90 valence electrons. The molecule has 1 amide bonds. The van der Waals surface area contributed by atoms with Crippen LogP contribution >= 0.6 is 0 Å². The molecular formula is C11H20N4O. The summed E-state index contributed by atoms with van der Waals surface area (Å²) in [6, 6.07) is -0.482. The van der Waals surface area contributed by atoms with Crippen LogP contribution in [0.3, 0.4) is 0 Å². The number of imidazole rings is 1. The van der Waals surface area contributed by atoms with Crippen LogP contribution in [0.5, 0.6) is 0 Å². The van der Waals surface area contributed by atoms with E-state index in [1.165, 1.54) is 0 Å². The summed E-state index contributed by atoms with van der Waals surface area (Å²) >= 11 is 0. The smallest absolute Gasteiger partial charge is 0.237 e. The molecule has 0 saturated carbocycles. The highest BCUT2D eigenvalue weighted by atomic mass is 16.2. The number of carbonyl (C=O) groups excluding carboxylic acids is 1. The van der Waals surface area contributed by atoms with Crippen LogP contribution in [0.4, 0.5) is 0 Å². The Hall–Kier alpha value is -1.36.